The molecule has 2 rings (SSSR count). The molecular formula is C13H26O6. The molecule has 0 aliphatic carbocycles. The molecule has 2 heterocycles. The summed E-state index contributed by atoms with van der Waals surface area (Å²) >= 11 is 0. The Morgan fingerprint density at radius 2 is 1.89 bits per heavy atom. The van der Waals surface area contributed by atoms with Crippen molar-refractivity contribution in [2.75, 3.05) is 6.61 Å². The van der Waals surface area contributed by atoms with Crippen LogP contribution in [-0.2, 0) is 14.2 Å². The normalized spacial score (nSPS) is 42.6. The molecule has 3 unspecified atom stereocenters. The van der Waals surface area contributed by atoms with Gasteiger partial charge in [-0.25, -0.2) is 0 Å². The molecule has 0 saturated carbocycles. The van der Waals surface area contributed by atoms with Crippen LogP contribution in [-0.4, -0.2) is 52.5 Å². The van der Waals surface area contributed by atoms with E-state index in [-0.39, 0.29) is 19.1 Å². The van der Waals surface area contributed by atoms with E-state index in [4.69, 9.17) is 14.2 Å². The van der Waals surface area contributed by atoms with Crippen molar-refractivity contribution in [2.45, 2.75) is 77.0 Å². The number of rotatable bonds is 3. The van der Waals surface area contributed by atoms with Crippen molar-refractivity contribution in [3.05, 3.63) is 0 Å². The van der Waals surface area contributed by atoms with Gasteiger partial charge in [0.25, 0.3) is 5.97 Å². The first-order chi connectivity index (χ1) is 9.00. The third kappa shape index (κ3) is 4.98. The maximum Gasteiger partial charge on any atom is 0.285 e. The monoisotopic (exact) mass is 278 g/mol. The standard InChI is InChI=1S/C11H20O6.C2H6/c1-2-9-3-7(12)4-10(16-9)17-11(14)5-8(13)6-15-11;1-2/h7-10,12-14H,2-6H2,1H3;1-2H3/t7?,8-,9+,10?,11?;/m0./s1. The molecule has 5 atom stereocenters. The zero-order chi connectivity index (χ0) is 14.5. The fourth-order valence-electron chi connectivity index (χ4n) is 2.22. The lowest BCUT2D eigenvalue weighted by Gasteiger charge is -2.35. The average molecular weight is 278 g/mol. The summed E-state index contributed by atoms with van der Waals surface area (Å²) in [5, 5.41) is 28.8. The summed E-state index contributed by atoms with van der Waals surface area (Å²) in [6, 6.07) is 0. The van der Waals surface area contributed by atoms with Crippen LogP contribution in [0.15, 0.2) is 0 Å². The fourth-order valence-corrected chi connectivity index (χ4v) is 2.22. The van der Waals surface area contributed by atoms with Crippen molar-refractivity contribution in [1.82, 2.24) is 0 Å². The first kappa shape index (κ1) is 16.8. The van der Waals surface area contributed by atoms with E-state index in [1.807, 2.05) is 20.8 Å². The van der Waals surface area contributed by atoms with Crippen LogP contribution in [0.4, 0.5) is 0 Å². The lowest BCUT2D eigenvalue weighted by atomic mass is 10.0. The third-order valence-electron chi connectivity index (χ3n) is 3.11. The van der Waals surface area contributed by atoms with Gasteiger partial charge in [-0.1, -0.05) is 20.8 Å². The van der Waals surface area contributed by atoms with Crippen LogP contribution in [0, 0.1) is 0 Å². The van der Waals surface area contributed by atoms with Crippen molar-refractivity contribution < 1.29 is 29.5 Å². The van der Waals surface area contributed by atoms with Gasteiger partial charge < -0.3 is 24.8 Å². The molecule has 2 fully saturated rings. The Labute approximate surface area is 114 Å². The fraction of sp³-hybridized carbons (Fsp3) is 1.00. The average Bonchev–Trinajstić information content (AvgIpc) is 2.70. The smallest absolute Gasteiger partial charge is 0.285 e. The molecule has 0 spiro atoms. The molecule has 0 aromatic rings. The van der Waals surface area contributed by atoms with Crippen LogP contribution in [0.3, 0.4) is 0 Å². The molecule has 3 N–H and O–H groups in total. The van der Waals surface area contributed by atoms with E-state index in [1.165, 1.54) is 0 Å². The largest absolute Gasteiger partial charge is 0.393 e. The SMILES string of the molecule is CC.CC[C@@H]1CC(O)CC(OC2(O)C[C@H](O)CO2)O1. The molecule has 2 aliphatic rings. The predicted molar refractivity (Wildman–Crippen MR) is 68.2 cm³/mol. The van der Waals surface area contributed by atoms with Crippen LogP contribution in [0.2, 0.25) is 0 Å². The third-order valence-corrected chi connectivity index (χ3v) is 3.11. The Morgan fingerprint density at radius 1 is 1.21 bits per heavy atom. The van der Waals surface area contributed by atoms with Crippen LogP contribution in [0.5, 0.6) is 0 Å². The summed E-state index contributed by atoms with van der Waals surface area (Å²) < 4.78 is 15.8. The first-order valence-corrected chi connectivity index (χ1v) is 7.06. The second-order valence-corrected chi connectivity index (χ2v) is 4.72. The minimum absolute atomic E-state index is 0.000251. The van der Waals surface area contributed by atoms with Gasteiger partial charge in [0.15, 0.2) is 6.29 Å². The summed E-state index contributed by atoms with van der Waals surface area (Å²) in [6.45, 7) is 6.01. The van der Waals surface area contributed by atoms with Gasteiger partial charge in [-0.15, -0.1) is 0 Å². The molecule has 0 radical (unpaired) electrons. The molecule has 0 aromatic carbocycles. The maximum atomic E-state index is 9.89. The van der Waals surface area contributed by atoms with E-state index in [0.29, 0.717) is 12.8 Å². The van der Waals surface area contributed by atoms with Crippen molar-refractivity contribution >= 4 is 0 Å². The summed E-state index contributed by atoms with van der Waals surface area (Å²) in [5.41, 5.74) is 0. The Kier molecular flexibility index (Phi) is 6.65. The van der Waals surface area contributed by atoms with Gasteiger partial charge in [0.2, 0.25) is 0 Å². The summed E-state index contributed by atoms with van der Waals surface area (Å²) in [5.74, 6) is -1.79. The summed E-state index contributed by atoms with van der Waals surface area (Å²) in [6.07, 6.45) is -0.323. The van der Waals surface area contributed by atoms with Gasteiger partial charge in [0, 0.05) is 6.42 Å². The highest BCUT2D eigenvalue weighted by Gasteiger charge is 2.43. The van der Waals surface area contributed by atoms with E-state index in [9.17, 15) is 15.3 Å². The number of ether oxygens (including phenoxy) is 3. The predicted octanol–water partition coefficient (Wildman–Crippen LogP) is 0.732. The molecule has 0 amide bonds. The number of hydrogen-bond donors (Lipinski definition) is 3. The van der Waals surface area contributed by atoms with Crippen LogP contribution in [0.1, 0.15) is 46.5 Å². The molecule has 6 nitrogen and oxygen atoms in total. The van der Waals surface area contributed by atoms with E-state index >= 15 is 0 Å². The highest BCUT2D eigenvalue weighted by atomic mass is 16.9. The quantitative estimate of drug-likeness (QED) is 0.660. The highest BCUT2D eigenvalue weighted by molar-refractivity contribution is 4.76. The Balaban J connectivity index is 0.000000861. The van der Waals surface area contributed by atoms with Crippen LogP contribution >= 0.6 is 0 Å². The molecule has 0 aromatic heterocycles. The number of aliphatic hydroxyl groups excluding tert-OH is 2. The van der Waals surface area contributed by atoms with Gasteiger partial charge >= 0.3 is 0 Å². The van der Waals surface area contributed by atoms with E-state index in [1.54, 1.807) is 0 Å². The van der Waals surface area contributed by atoms with Crippen molar-refractivity contribution in [3.8, 4) is 0 Å². The van der Waals surface area contributed by atoms with Crippen molar-refractivity contribution in [2.24, 2.45) is 0 Å². The summed E-state index contributed by atoms with van der Waals surface area (Å²) in [4.78, 5) is 0. The Morgan fingerprint density at radius 3 is 2.42 bits per heavy atom. The van der Waals surface area contributed by atoms with Crippen molar-refractivity contribution in [1.29, 1.82) is 0 Å². The molecule has 114 valence electrons. The molecule has 2 saturated heterocycles. The van der Waals surface area contributed by atoms with Gasteiger partial charge in [0.1, 0.15) is 0 Å². The zero-order valence-corrected chi connectivity index (χ0v) is 11.9. The van der Waals surface area contributed by atoms with Gasteiger partial charge in [-0.3, -0.25) is 4.74 Å². The molecule has 19 heavy (non-hydrogen) atoms. The van der Waals surface area contributed by atoms with Gasteiger partial charge in [-0.2, -0.15) is 0 Å². The lowest BCUT2D eigenvalue weighted by molar-refractivity contribution is -0.399. The molecule has 6 heteroatoms. The minimum atomic E-state index is -1.79. The Bertz CT molecular complexity index is 262. The maximum absolute atomic E-state index is 9.89. The van der Waals surface area contributed by atoms with Crippen molar-refractivity contribution in [3.63, 3.8) is 0 Å². The number of hydrogen-bond acceptors (Lipinski definition) is 6. The van der Waals surface area contributed by atoms with E-state index in [0.717, 1.165) is 6.42 Å². The van der Waals surface area contributed by atoms with Crippen LogP contribution < -0.4 is 0 Å². The molecular weight excluding hydrogens is 252 g/mol. The first-order valence-electron chi connectivity index (χ1n) is 7.06. The lowest BCUT2D eigenvalue weighted by Crippen LogP contribution is -2.43. The minimum Gasteiger partial charge on any atom is -0.393 e. The molecule has 2 aliphatic heterocycles. The van der Waals surface area contributed by atoms with Crippen LogP contribution in [0.25, 0.3) is 0 Å². The Hall–Kier alpha value is -0.240. The second-order valence-electron chi connectivity index (χ2n) is 4.72. The number of aliphatic hydroxyl groups is 3. The van der Waals surface area contributed by atoms with Gasteiger partial charge in [-0.05, 0) is 12.8 Å². The van der Waals surface area contributed by atoms with E-state index < -0.39 is 24.5 Å². The molecule has 0 bridgehead atoms. The summed E-state index contributed by atoms with van der Waals surface area (Å²) in [7, 11) is 0. The van der Waals surface area contributed by atoms with Gasteiger partial charge in [0.05, 0.1) is 31.3 Å². The van der Waals surface area contributed by atoms with E-state index in [2.05, 4.69) is 0 Å². The topological polar surface area (TPSA) is 88.4 Å². The highest BCUT2D eigenvalue weighted by Crippen LogP contribution is 2.30. The second kappa shape index (κ2) is 7.52. The zero-order valence-electron chi connectivity index (χ0n) is 11.9.